The molecule has 0 unspecified atom stereocenters. The van der Waals surface area contributed by atoms with Crippen LogP contribution >= 0.6 is 0 Å². The van der Waals surface area contributed by atoms with Crippen LogP contribution < -0.4 is 4.74 Å². The highest BCUT2D eigenvalue weighted by atomic mass is 16.5. The molecule has 5 heteroatoms. The Bertz CT molecular complexity index is 1150. The Morgan fingerprint density at radius 1 is 0.972 bits per heavy atom. The summed E-state index contributed by atoms with van der Waals surface area (Å²) >= 11 is 0. The van der Waals surface area contributed by atoms with Gasteiger partial charge in [0.05, 0.1) is 12.8 Å². The molecule has 0 aliphatic carbocycles. The first-order valence-corrected chi connectivity index (χ1v) is 14.0. The third-order valence-electron chi connectivity index (χ3n) is 8.37. The summed E-state index contributed by atoms with van der Waals surface area (Å²) in [5.74, 6) is 2.51. The number of likely N-dealkylation sites (tertiary alicyclic amines) is 2. The van der Waals surface area contributed by atoms with Gasteiger partial charge in [-0.2, -0.15) is 0 Å². The highest BCUT2D eigenvalue weighted by molar-refractivity contribution is 5.92. The Morgan fingerprint density at radius 2 is 1.72 bits per heavy atom. The second-order valence-electron chi connectivity index (χ2n) is 11.7. The molecule has 0 amide bonds. The van der Waals surface area contributed by atoms with E-state index in [4.69, 9.17) is 4.74 Å². The monoisotopic (exact) mass is 488 g/mol. The first-order chi connectivity index (χ1) is 17.4. The number of nitrogens with one attached hydrogen (secondary N) is 1. The van der Waals surface area contributed by atoms with Gasteiger partial charge in [0.25, 0.3) is 0 Å². The molecular weight excluding hydrogens is 444 g/mol. The maximum Gasteiger partial charge on any atom is 0.213 e. The molecule has 2 aromatic heterocycles. The number of rotatable bonds is 7. The van der Waals surface area contributed by atoms with E-state index in [9.17, 15) is 0 Å². The van der Waals surface area contributed by atoms with Crippen molar-refractivity contribution < 1.29 is 4.74 Å². The number of aromatic amines is 1. The number of H-pyrrole nitrogens is 1. The molecule has 3 aromatic rings. The van der Waals surface area contributed by atoms with Gasteiger partial charge in [0, 0.05) is 41.3 Å². The number of ether oxygens (including phenoxy) is 1. The van der Waals surface area contributed by atoms with E-state index in [0.717, 1.165) is 17.5 Å². The van der Waals surface area contributed by atoms with Crippen LogP contribution in [0.5, 0.6) is 5.88 Å². The molecule has 0 spiro atoms. The summed E-state index contributed by atoms with van der Waals surface area (Å²) in [5, 5.41) is 1.37. The summed E-state index contributed by atoms with van der Waals surface area (Å²) in [6.07, 6.45) is 7.05. The van der Waals surface area contributed by atoms with Gasteiger partial charge < -0.3 is 19.5 Å². The fourth-order valence-corrected chi connectivity index (χ4v) is 6.57. The highest BCUT2D eigenvalue weighted by Crippen LogP contribution is 2.39. The van der Waals surface area contributed by atoms with E-state index in [1.54, 1.807) is 7.11 Å². The first kappa shape index (κ1) is 25.3. The van der Waals surface area contributed by atoms with Crippen molar-refractivity contribution in [3.05, 3.63) is 47.7 Å². The minimum atomic E-state index is 0.423. The maximum atomic E-state index is 5.39. The molecule has 0 radical (unpaired) electrons. The lowest BCUT2D eigenvalue weighted by atomic mass is 9.86. The third kappa shape index (κ3) is 5.33. The van der Waals surface area contributed by atoms with Crippen LogP contribution in [0.25, 0.3) is 22.2 Å². The summed E-state index contributed by atoms with van der Waals surface area (Å²) in [6.45, 7) is 15.5. The van der Waals surface area contributed by atoms with Crippen LogP contribution in [0.2, 0.25) is 0 Å². The fourth-order valence-electron chi connectivity index (χ4n) is 6.57. The van der Waals surface area contributed by atoms with Gasteiger partial charge in [-0.25, -0.2) is 4.98 Å². The van der Waals surface area contributed by atoms with Gasteiger partial charge in [0.1, 0.15) is 0 Å². The first-order valence-electron chi connectivity index (χ1n) is 14.0. The molecule has 2 aliphatic heterocycles. The highest BCUT2D eigenvalue weighted by Gasteiger charge is 2.29. The molecule has 2 fully saturated rings. The number of fused-ring (bicyclic) bond motifs is 1. The number of benzene rings is 1. The summed E-state index contributed by atoms with van der Waals surface area (Å²) in [6, 6.07) is 12.0. The van der Waals surface area contributed by atoms with Gasteiger partial charge in [-0.15, -0.1) is 0 Å². The quantitative estimate of drug-likeness (QED) is 0.404. The summed E-state index contributed by atoms with van der Waals surface area (Å²) < 4.78 is 5.39. The zero-order chi connectivity index (χ0) is 25.2. The molecule has 0 atom stereocenters. The van der Waals surface area contributed by atoms with Crippen LogP contribution in [-0.4, -0.2) is 65.6 Å². The fraction of sp³-hybridized carbons (Fsp3) is 0.581. The summed E-state index contributed by atoms with van der Waals surface area (Å²) in [4.78, 5) is 13.5. The van der Waals surface area contributed by atoms with E-state index in [0.29, 0.717) is 17.7 Å². The van der Waals surface area contributed by atoms with Crippen molar-refractivity contribution in [1.29, 1.82) is 0 Å². The molecule has 194 valence electrons. The van der Waals surface area contributed by atoms with Crippen LogP contribution in [0, 0.1) is 5.92 Å². The van der Waals surface area contributed by atoms with Crippen molar-refractivity contribution >= 4 is 10.9 Å². The number of hydrogen-bond donors (Lipinski definition) is 1. The largest absolute Gasteiger partial charge is 0.481 e. The molecule has 0 bridgehead atoms. The Kier molecular flexibility index (Phi) is 7.68. The van der Waals surface area contributed by atoms with E-state index in [1.165, 1.54) is 86.1 Å². The molecule has 0 saturated carbocycles. The average Bonchev–Trinajstić information content (AvgIpc) is 3.28. The van der Waals surface area contributed by atoms with Gasteiger partial charge in [-0.3, -0.25) is 0 Å². The van der Waals surface area contributed by atoms with E-state index in [-0.39, 0.29) is 0 Å². The topological polar surface area (TPSA) is 44.4 Å². The lowest BCUT2D eigenvalue weighted by Gasteiger charge is -2.42. The van der Waals surface area contributed by atoms with E-state index < -0.39 is 0 Å². The number of methoxy groups -OCH3 is 1. The molecule has 5 nitrogen and oxygen atoms in total. The normalized spacial score (nSPS) is 19.1. The number of aromatic nitrogens is 2. The SMILES string of the molecule is COc1cc(-c2[nH]c3ccc(C4CCN(C5CCN(CC(C)C)CC5)CC4)cc3c2C(C)C)ccn1. The van der Waals surface area contributed by atoms with Crippen molar-refractivity contribution in [3.63, 3.8) is 0 Å². The number of piperidine rings is 2. The molecule has 5 rings (SSSR count). The van der Waals surface area contributed by atoms with Crippen molar-refractivity contribution in [1.82, 2.24) is 19.8 Å². The van der Waals surface area contributed by atoms with E-state index in [2.05, 4.69) is 71.7 Å². The van der Waals surface area contributed by atoms with Crippen molar-refractivity contribution in [2.75, 3.05) is 39.8 Å². The Hall–Kier alpha value is -2.37. The summed E-state index contributed by atoms with van der Waals surface area (Å²) in [7, 11) is 1.67. The molecule has 4 heterocycles. The summed E-state index contributed by atoms with van der Waals surface area (Å²) in [5.41, 5.74) is 6.45. The van der Waals surface area contributed by atoms with Crippen LogP contribution in [0.1, 0.15) is 76.3 Å². The predicted octanol–water partition coefficient (Wildman–Crippen LogP) is 6.66. The zero-order valence-corrected chi connectivity index (χ0v) is 22.9. The Balaban J connectivity index is 1.30. The van der Waals surface area contributed by atoms with Gasteiger partial charge in [-0.05, 0) is 98.9 Å². The molecular formula is C31H44N4O. The van der Waals surface area contributed by atoms with Crippen LogP contribution in [0.4, 0.5) is 0 Å². The maximum absolute atomic E-state index is 5.39. The minimum absolute atomic E-state index is 0.423. The standard InChI is InChI=1S/C31H44N4O/c1-21(2)20-34-14-11-26(12-15-34)35-16-9-23(10-17-35)24-6-7-28-27(18-24)30(22(3)4)31(33-28)25-8-13-32-29(19-25)36-5/h6-8,13,18-19,21-23,26,33H,9-12,14-17,20H2,1-5H3. The van der Waals surface area contributed by atoms with E-state index >= 15 is 0 Å². The molecule has 1 aromatic carbocycles. The molecule has 2 aliphatic rings. The van der Waals surface area contributed by atoms with Gasteiger partial charge in [0.15, 0.2) is 0 Å². The third-order valence-corrected chi connectivity index (χ3v) is 8.37. The lowest BCUT2D eigenvalue weighted by Crippen LogP contribution is -2.48. The average molecular weight is 489 g/mol. The van der Waals surface area contributed by atoms with E-state index in [1.807, 2.05) is 12.3 Å². The van der Waals surface area contributed by atoms with Gasteiger partial charge in [-0.1, -0.05) is 33.8 Å². The molecule has 1 N–H and O–H groups in total. The minimum Gasteiger partial charge on any atom is -0.481 e. The zero-order valence-electron chi connectivity index (χ0n) is 22.9. The predicted molar refractivity (Wildman–Crippen MR) is 150 cm³/mol. The molecule has 2 saturated heterocycles. The van der Waals surface area contributed by atoms with Crippen molar-refractivity contribution in [3.8, 4) is 17.1 Å². The number of nitrogens with zero attached hydrogens (tertiary/aromatic N) is 3. The smallest absolute Gasteiger partial charge is 0.213 e. The van der Waals surface area contributed by atoms with Gasteiger partial charge >= 0.3 is 0 Å². The van der Waals surface area contributed by atoms with Gasteiger partial charge in [0.2, 0.25) is 5.88 Å². The van der Waals surface area contributed by atoms with Crippen molar-refractivity contribution in [2.45, 2.75) is 71.3 Å². The van der Waals surface area contributed by atoms with Crippen molar-refractivity contribution in [2.24, 2.45) is 5.92 Å². The van der Waals surface area contributed by atoms with Crippen LogP contribution in [0.15, 0.2) is 36.5 Å². The number of pyridine rings is 1. The van der Waals surface area contributed by atoms with Crippen LogP contribution in [0.3, 0.4) is 0 Å². The number of hydrogen-bond acceptors (Lipinski definition) is 4. The Morgan fingerprint density at radius 3 is 2.39 bits per heavy atom. The van der Waals surface area contributed by atoms with Crippen LogP contribution in [-0.2, 0) is 0 Å². The lowest BCUT2D eigenvalue weighted by molar-refractivity contribution is 0.0828. The second-order valence-corrected chi connectivity index (χ2v) is 11.7. The second kappa shape index (κ2) is 10.9. The molecule has 36 heavy (non-hydrogen) atoms. The Labute approximate surface area is 217 Å².